The van der Waals surface area contributed by atoms with Gasteiger partial charge in [-0.05, 0) is 44.4 Å². The highest BCUT2D eigenvalue weighted by Gasteiger charge is 2.08. The van der Waals surface area contributed by atoms with Gasteiger partial charge in [0.1, 0.15) is 0 Å². The summed E-state index contributed by atoms with van der Waals surface area (Å²) in [4.78, 5) is 0. The molecule has 2 nitrogen and oxygen atoms in total. The van der Waals surface area contributed by atoms with Crippen molar-refractivity contribution in [3.05, 3.63) is 59.9 Å². The summed E-state index contributed by atoms with van der Waals surface area (Å²) in [5.74, 6) is 0. The Morgan fingerprint density at radius 3 is 2.42 bits per heavy atom. The maximum atomic E-state index is 3.51. The maximum Gasteiger partial charge on any atom is 0.0260 e. The zero-order valence-corrected chi connectivity index (χ0v) is 12.2. The van der Waals surface area contributed by atoms with E-state index in [2.05, 4.69) is 79.4 Å². The fourth-order valence-corrected chi connectivity index (χ4v) is 2.00. The summed E-state index contributed by atoms with van der Waals surface area (Å²) in [5.41, 5.74) is 2.92. The first-order valence-electron chi connectivity index (χ1n) is 6.96. The van der Waals surface area contributed by atoms with Gasteiger partial charge in [0, 0.05) is 31.0 Å². The van der Waals surface area contributed by atoms with Gasteiger partial charge in [-0.15, -0.1) is 0 Å². The lowest BCUT2D eigenvalue weighted by molar-refractivity contribution is 0.424. The van der Waals surface area contributed by atoms with Gasteiger partial charge in [0.05, 0.1) is 0 Å². The molecule has 0 unspecified atom stereocenters. The van der Waals surface area contributed by atoms with Crippen LogP contribution in [0.2, 0.25) is 0 Å². The number of aromatic nitrogens is 1. The van der Waals surface area contributed by atoms with Crippen molar-refractivity contribution in [1.29, 1.82) is 0 Å². The van der Waals surface area contributed by atoms with Gasteiger partial charge in [-0.25, -0.2) is 0 Å². The summed E-state index contributed by atoms with van der Waals surface area (Å²) in [6, 6.07) is 12.8. The van der Waals surface area contributed by atoms with Crippen LogP contribution in [0.3, 0.4) is 0 Å². The van der Waals surface area contributed by atoms with Crippen molar-refractivity contribution in [2.24, 2.45) is 0 Å². The van der Waals surface area contributed by atoms with Gasteiger partial charge in [-0.1, -0.05) is 30.3 Å². The Morgan fingerprint density at radius 1 is 1.00 bits per heavy atom. The molecule has 1 heterocycles. The average molecular weight is 256 g/mol. The van der Waals surface area contributed by atoms with Crippen molar-refractivity contribution < 1.29 is 0 Å². The molecule has 0 amide bonds. The number of nitrogens with zero attached hydrogens (tertiary/aromatic N) is 1. The number of aryl methyl sites for hydroxylation is 2. The minimum absolute atomic E-state index is 0.173. The molecule has 2 aromatic rings. The van der Waals surface area contributed by atoms with Gasteiger partial charge in [0.15, 0.2) is 0 Å². The Morgan fingerprint density at radius 2 is 1.74 bits per heavy atom. The summed E-state index contributed by atoms with van der Waals surface area (Å²) in [6.45, 7) is 8.56. The SMILES string of the molecule is CC(C)(C)NCc1ccn(CCc2ccccc2)c1. The quantitative estimate of drug-likeness (QED) is 0.864. The van der Waals surface area contributed by atoms with E-state index in [4.69, 9.17) is 0 Å². The molecular formula is C17H24N2. The number of rotatable bonds is 5. The van der Waals surface area contributed by atoms with Crippen LogP contribution in [0, 0.1) is 0 Å². The molecule has 0 aliphatic carbocycles. The second kappa shape index (κ2) is 6.07. The van der Waals surface area contributed by atoms with Crippen molar-refractivity contribution >= 4 is 0 Å². The molecule has 0 saturated heterocycles. The molecule has 1 aromatic heterocycles. The average Bonchev–Trinajstić information content (AvgIpc) is 2.82. The molecule has 2 heteroatoms. The Balaban J connectivity index is 1.84. The van der Waals surface area contributed by atoms with Crippen LogP contribution in [0.25, 0.3) is 0 Å². The van der Waals surface area contributed by atoms with E-state index in [1.807, 2.05) is 0 Å². The summed E-state index contributed by atoms with van der Waals surface area (Å²) < 4.78 is 2.27. The maximum absolute atomic E-state index is 3.51. The second-order valence-electron chi connectivity index (χ2n) is 6.10. The molecule has 102 valence electrons. The lowest BCUT2D eigenvalue weighted by Gasteiger charge is -2.19. The van der Waals surface area contributed by atoms with Gasteiger partial charge in [0.2, 0.25) is 0 Å². The molecular weight excluding hydrogens is 232 g/mol. The van der Waals surface area contributed by atoms with E-state index < -0.39 is 0 Å². The number of benzene rings is 1. The molecule has 2 rings (SSSR count). The van der Waals surface area contributed by atoms with Crippen LogP contribution in [0.4, 0.5) is 0 Å². The van der Waals surface area contributed by atoms with E-state index in [-0.39, 0.29) is 5.54 Å². The lowest BCUT2D eigenvalue weighted by Crippen LogP contribution is -2.34. The Labute approximate surface area is 116 Å². The van der Waals surface area contributed by atoms with Gasteiger partial charge in [-0.3, -0.25) is 0 Å². The van der Waals surface area contributed by atoms with Gasteiger partial charge in [0.25, 0.3) is 0 Å². The number of hydrogen-bond acceptors (Lipinski definition) is 1. The third kappa shape index (κ3) is 4.92. The summed E-state index contributed by atoms with van der Waals surface area (Å²) in [7, 11) is 0. The largest absolute Gasteiger partial charge is 0.354 e. The van der Waals surface area contributed by atoms with E-state index in [0.717, 1.165) is 19.5 Å². The monoisotopic (exact) mass is 256 g/mol. The van der Waals surface area contributed by atoms with Crippen LogP contribution >= 0.6 is 0 Å². The van der Waals surface area contributed by atoms with Crippen molar-refractivity contribution in [3.8, 4) is 0 Å². The first kappa shape index (κ1) is 13.9. The Kier molecular flexibility index (Phi) is 4.43. The zero-order chi connectivity index (χ0) is 13.7. The third-order valence-electron chi connectivity index (χ3n) is 3.14. The van der Waals surface area contributed by atoms with E-state index in [9.17, 15) is 0 Å². The summed E-state index contributed by atoms with van der Waals surface area (Å²) in [5, 5.41) is 3.51. The number of hydrogen-bond donors (Lipinski definition) is 1. The molecule has 1 aromatic carbocycles. The van der Waals surface area contributed by atoms with Gasteiger partial charge >= 0.3 is 0 Å². The molecule has 0 radical (unpaired) electrons. The normalized spacial score (nSPS) is 11.7. The van der Waals surface area contributed by atoms with Gasteiger partial charge in [-0.2, -0.15) is 0 Å². The van der Waals surface area contributed by atoms with Crippen LogP contribution in [-0.2, 0) is 19.5 Å². The number of nitrogens with one attached hydrogen (secondary N) is 1. The molecule has 0 spiro atoms. The summed E-state index contributed by atoms with van der Waals surface area (Å²) >= 11 is 0. The Hall–Kier alpha value is -1.54. The van der Waals surface area contributed by atoms with Crippen LogP contribution in [0.15, 0.2) is 48.8 Å². The molecule has 0 aliphatic heterocycles. The first-order chi connectivity index (χ1) is 9.03. The smallest absolute Gasteiger partial charge is 0.0260 e. The molecule has 0 bridgehead atoms. The van der Waals surface area contributed by atoms with Crippen LogP contribution < -0.4 is 5.32 Å². The van der Waals surface area contributed by atoms with Crippen LogP contribution in [-0.4, -0.2) is 10.1 Å². The molecule has 0 fully saturated rings. The minimum atomic E-state index is 0.173. The van der Waals surface area contributed by atoms with E-state index in [1.54, 1.807) is 0 Å². The highest BCUT2D eigenvalue weighted by atomic mass is 15.0. The first-order valence-corrected chi connectivity index (χ1v) is 6.96. The molecule has 0 atom stereocenters. The third-order valence-corrected chi connectivity index (χ3v) is 3.14. The van der Waals surface area contributed by atoms with E-state index in [1.165, 1.54) is 11.1 Å². The summed E-state index contributed by atoms with van der Waals surface area (Å²) in [6.07, 6.45) is 5.49. The van der Waals surface area contributed by atoms with Crippen molar-refractivity contribution in [3.63, 3.8) is 0 Å². The topological polar surface area (TPSA) is 17.0 Å². The van der Waals surface area contributed by atoms with E-state index >= 15 is 0 Å². The van der Waals surface area contributed by atoms with E-state index in [0.29, 0.717) is 0 Å². The predicted molar refractivity (Wildman–Crippen MR) is 81.2 cm³/mol. The van der Waals surface area contributed by atoms with Crippen LogP contribution in [0.1, 0.15) is 31.9 Å². The highest BCUT2D eigenvalue weighted by Crippen LogP contribution is 2.07. The van der Waals surface area contributed by atoms with Gasteiger partial charge < -0.3 is 9.88 Å². The highest BCUT2D eigenvalue weighted by molar-refractivity contribution is 5.15. The lowest BCUT2D eigenvalue weighted by atomic mass is 10.1. The predicted octanol–water partition coefficient (Wildman–Crippen LogP) is 3.62. The zero-order valence-electron chi connectivity index (χ0n) is 12.2. The van der Waals surface area contributed by atoms with Crippen LogP contribution in [0.5, 0.6) is 0 Å². The minimum Gasteiger partial charge on any atom is -0.354 e. The fourth-order valence-electron chi connectivity index (χ4n) is 2.00. The fraction of sp³-hybridized carbons (Fsp3) is 0.412. The molecule has 1 N–H and O–H groups in total. The van der Waals surface area contributed by atoms with Crippen molar-refractivity contribution in [2.75, 3.05) is 0 Å². The Bertz CT molecular complexity index is 491. The standard InChI is InChI=1S/C17H24N2/c1-17(2,3)18-13-16-10-12-19(14-16)11-9-15-7-5-4-6-8-15/h4-8,10,12,14,18H,9,11,13H2,1-3H3. The molecule has 0 aliphatic rings. The molecule has 0 saturated carbocycles. The molecule has 19 heavy (non-hydrogen) atoms. The van der Waals surface area contributed by atoms with Crippen molar-refractivity contribution in [2.45, 2.75) is 45.8 Å². The van der Waals surface area contributed by atoms with Crippen molar-refractivity contribution in [1.82, 2.24) is 9.88 Å². The second-order valence-corrected chi connectivity index (χ2v) is 6.10.